The highest BCUT2D eigenvalue weighted by atomic mass is 35.5. The number of carbonyl (C=O) groups is 1. The Bertz CT molecular complexity index is 860. The molecular weight excluding hydrogens is 366 g/mol. The first-order chi connectivity index (χ1) is 13.1. The number of amides is 1. The average molecular weight is 388 g/mol. The number of aromatic nitrogens is 2. The van der Waals surface area contributed by atoms with Gasteiger partial charge in [0.25, 0.3) is 5.56 Å². The molecule has 1 fully saturated rings. The second-order valence-corrected chi connectivity index (χ2v) is 6.63. The predicted octanol–water partition coefficient (Wildman–Crippen LogP) is 1.31. The molecule has 2 aromatic rings. The van der Waals surface area contributed by atoms with Crippen molar-refractivity contribution in [3.63, 3.8) is 0 Å². The van der Waals surface area contributed by atoms with Crippen molar-refractivity contribution in [2.45, 2.75) is 0 Å². The van der Waals surface area contributed by atoms with Crippen LogP contribution in [0.1, 0.15) is 0 Å². The number of anilines is 1. The molecule has 0 spiro atoms. The Morgan fingerprint density at radius 3 is 2.59 bits per heavy atom. The standard InChI is InChI=1S/C19H22ClN5O2/c1-2-8-21-17(26)14-23-9-11-24(12-10-23)16-13-22-25(19(27)18(16)20)15-6-4-3-5-7-15/h2-7,13H,1,8-12,14H2,(H,21,26). The molecule has 8 heteroatoms. The van der Waals surface area contributed by atoms with E-state index in [9.17, 15) is 9.59 Å². The molecule has 1 N–H and O–H groups in total. The topological polar surface area (TPSA) is 70.5 Å². The van der Waals surface area contributed by atoms with E-state index >= 15 is 0 Å². The van der Waals surface area contributed by atoms with E-state index in [0.717, 1.165) is 0 Å². The van der Waals surface area contributed by atoms with Gasteiger partial charge in [0.05, 0.1) is 24.1 Å². The number of piperazine rings is 1. The molecular formula is C19H22ClN5O2. The molecule has 7 nitrogen and oxygen atoms in total. The van der Waals surface area contributed by atoms with Gasteiger partial charge in [0.2, 0.25) is 5.91 Å². The lowest BCUT2D eigenvalue weighted by atomic mass is 10.2. The van der Waals surface area contributed by atoms with E-state index in [-0.39, 0.29) is 16.5 Å². The van der Waals surface area contributed by atoms with Crippen molar-refractivity contribution >= 4 is 23.2 Å². The van der Waals surface area contributed by atoms with E-state index in [0.29, 0.717) is 50.6 Å². The summed E-state index contributed by atoms with van der Waals surface area (Å²) in [4.78, 5) is 28.5. The molecule has 0 atom stereocenters. The molecule has 1 amide bonds. The Balaban J connectivity index is 1.66. The van der Waals surface area contributed by atoms with Gasteiger partial charge in [-0.25, -0.2) is 0 Å². The number of para-hydroxylation sites is 1. The fourth-order valence-corrected chi connectivity index (χ4v) is 3.24. The summed E-state index contributed by atoms with van der Waals surface area (Å²) in [6.07, 6.45) is 3.28. The second-order valence-electron chi connectivity index (χ2n) is 6.25. The first kappa shape index (κ1) is 19.1. The maximum absolute atomic E-state index is 12.6. The summed E-state index contributed by atoms with van der Waals surface area (Å²) in [5, 5.41) is 7.21. The van der Waals surface area contributed by atoms with Gasteiger partial charge in [-0.15, -0.1) is 6.58 Å². The van der Waals surface area contributed by atoms with Crippen molar-refractivity contribution < 1.29 is 4.79 Å². The Labute approximate surface area is 162 Å². The number of hydrogen-bond acceptors (Lipinski definition) is 5. The molecule has 3 rings (SSSR count). The van der Waals surface area contributed by atoms with Crippen LogP contribution < -0.4 is 15.8 Å². The fourth-order valence-electron chi connectivity index (χ4n) is 2.99. The lowest BCUT2D eigenvalue weighted by Crippen LogP contribution is -2.50. The molecule has 0 radical (unpaired) electrons. The van der Waals surface area contributed by atoms with Crippen molar-refractivity contribution in [1.82, 2.24) is 20.0 Å². The van der Waals surface area contributed by atoms with Gasteiger partial charge in [0, 0.05) is 32.7 Å². The normalized spacial score (nSPS) is 14.8. The zero-order valence-electron chi connectivity index (χ0n) is 15.0. The van der Waals surface area contributed by atoms with Crippen LogP contribution in [0.25, 0.3) is 5.69 Å². The van der Waals surface area contributed by atoms with E-state index in [4.69, 9.17) is 11.6 Å². The van der Waals surface area contributed by atoms with Gasteiger partial charge < -0.3 is 10.2 Å². The number of rotatable bonds is 6. The van der Waals surface area contributed by atoms with Crippen LogP contribution >= 0.6 is 11.6 Å². The maximum atomic E-state index is 12.6. The summed E-state index contributed by atoms with van der Waals surface area (Å²) >= 11 is 6.36. The Hall–Kier alpha value is -2.64. The van der Waals surface area contributed by atoms with E-state index < -0.39 is 0 Å². The van der Waals surface area contributed by atoms with Crippen LogP contribution in [0.3, 0.4) is 0 Å². The summed E-state index contributed by atoms with van der Waals surface area (Å²) in [6, 6.07) is 9.17. The minimum Gasteiger partial charge on any atom is -0.366 e. The number of nitrogens with one attached hydrogen (secondary N) is 1. The number of benzene rings is 1. The summed E-state index contributed by atoms with van der Waals surface area (Å²) in [6.45, 7) is 7.16. The van der Waals surface area contributed by atoms with Crippen LogP contribution in [-0.4, -0.2) is 59.9 Å². The number of hydrogen-bond donors (Lipinski definition) is 1. The van der Waals surface area contributed by atoms with Crippen LogP contribution in [0.2, 0.25) is 5.02 Å². The van der Waals surface area contributed by atoms with Crippen LogP contribution in [0.5, 0.6) is 0 Å². The third-order valence-corrected chi connectivity index (χ3v) is 4.78. The van der Waals surface area contributed by atoms with Gasteiger partial charge in [-0.05, 0) is 12.1 Å². The Morgan fingerprint density at radius 1 is 1.22 bits per heavy atom. The van der Waals surface area contributed by atoms with Crippen LogP contribution in [0.15, 0.2) is 54.0 Å². The van der Waals surface area contributed by atoms with Gasteiger partial charge >= 0.3 is 0 Å². The van der Waals surface area contributed by atoms with Gasteiger partial charge in [0.15, 0.2) is 0 Å². The van der Waals surface area contributed by atoms with Crippen molar-refractivity contribution in [3.05, 3.63) is 64.6 Å². The van der Waals surface area contributed by atoms with E-state index in [1.54, 1.807) is 24.4 Å². The monoisotopic (exact) mass is 387 g/mol. The molecule has 0 unspecified atom stereocenters. The maximum Gasteiger partial charge on any atom is 0.292 e. The number of halogens is 1. The Morgan fingerprint density at radius 2 is 1.93 bits per heavy atom. The highest BCUT2D eigenvalue weighted by Gasteiger charge is 2.22. The van der Waals surface area contributed by atoms with Crippen molar-refractivity contribution in [1.29, 1.82) is 0 Å². The van der Waals surface area contributed by atoms with Crippen LogP contribution in [0, 0.1) is 0 Å². The molecule has 0 saturated carbocycles. The molecule has 0 aliphatic carbocycles. The minimum absolute atomic E-state index is 0.0199. The van der Waals surface area contributed by atoms with Crippen molar-refractivity contribution in [2.24, 2.45) is 0 Å². The third kappa shape index (κ3) is 4.56. The largest absolute Gasteiger partial charge is 0.366 e. The van der Waals surface area contributed by atoms with Crippen molar-refractivity contribution in [3.8, 4) is 5.69 Å². The zero-order chi connectivity index (χ0) is 19.2. The van der Waals surface area contributed by atoms with E-state index in [1.807, 2.05) is 23.1 Å². The fraction of sp³-hybridized carbons (Fsp3) is 0.316. The molecule has 2 heterocycles. The molecule has 0 bridgehead atoms. The summed E-state index contributed by atoms with van der Waals surface area (Å²) in [5.41, 5.74) is 0.961. The molecule has 1 aliphatic heterocycles. The third-order valence-electron chi connectivity index (χ3n) is 4.43. The predicted molar refractivity (Wildman–Crippen MR) is 107 cm³/mol. The number of carbonyl (C=O) groups excluding carboxylic acids is 1. The highest BCUT2D eigenvalue weighted by Crippen LogP contribution is 2.23. The minimum atomic E-state index is -0.341. The first-order valence-electron chi connectivity index (χ1n) is 8.78. The highest BCUT2D eigenvalue weighted by molar-refractivity contribution is 6.33. The van der Waals surface area contributed by atoms with Gasteiger partial charge in [0.1, 0.15) is 5.02 Å². The Kier molecular flexibility index (Phi) is 6.26. The van der Waals surface area contributed by atoms with Gasteiger partial charge in [-0.3, -0.25) is 14.5 Å². The summed E-state index contributed by atoms with van der Waals surface area (Å²) in [7, 11) is 0. The molecule has 1 aromatic heterocycles. The zero-order valence-corrected chi connectivity index (χ0v) is 15.7. The second kappa shape index (κ2) is 8.83. The molecule has 142 valence electrons. The first-order valence-corrected chi connectivity index (χ1v) is 9.16. The average Bonchev–Trinajstić information content (AvgIpc) is 2.70. The van der Waals surface area contributed by atoms with Gasteiger partial charge in [-0.1, -0.05) is 35.9 Å². The van der Waals surface area contributed by atoms with Crippen LogP contribution in [0.4, 0.5) is 5.69 Å². The molecule has 1 aliphatic rings. The molecule has 27 heavy (non-hydrogen) atoms. The molecule has 1 saturated heterocycles. The van der Waals surface area contributed by atoms with Crippen molar-refractivity contribution in [2.75, 3.05) is 44.2 Å². The summed E-state index contributed by atoms with van der Waals surface area (Å²) in [5.74, 6) is -0.0199. The van der Waals surface area contributed by atoms with E-state index in [1.165, 1.54) is 4.68 Å². The van der Waals surface area contributed by atoms with E-state index in [2.05, 4.69) is 21.9 Å². The lowest BCUT2D eigenvalue weighted by molar-refractivity contribution is -0.122. The quantitative estimate of drug-likeness (QED) is 0.757. The lowest BCUT2D eigenvalue weighted by Gasteiger charge is -2.35. The smallest absolute Gasteiger partial charge is 0.292 e. The number of nitrogens with zero attached hydrogens (tertiary/aromatic N) is 4. The van der Waals surface area contributed by atoms with Gasteiger partial charge in [-0.2, -0.15) is 9.78 Å². The SMILES string of the molecule is C=CCNC(=O)CN1CCN(c2cnn(-c3ccccc3)c(=O)c2Cl)CC1. The van der Waals surface area contributed by atoms with Crippen LogP contribution in [-0.2, 0) is 4.79 Å². The summed E-state index contributed by atoms with van der Waals surface area (Å²) < 4.78 is 1.30. The molecule has 1 aromatic carbocycles.